The van der Waals surface area contributed by atoms with Crippen LogP contribution in [0.1, 0.15) is 19.4 Å². The summed E-state index contributed by atoms with van der Waals surface area (Å²) in [6, 6.07) is 9.74. The monoisotopic (exact) mass is 327 g/mol. The van der Waals surface area contributed by atoms with E-state index < -0.39 is 25.8 Å². The Hall–Kier alpha value is -1.22. The molecule has 1 aliphatic heterocycles. The second kappa shape index (κ2) is 3.98. The Balaban J connectivity index is 2.58. The van der Waals surface area contributed by atoms with Crippen LogP contribution >= 0.6 is 20.2 Å². The van der Waals surface area contributed by atoms with Crippen LogP contribution in [0.2, 0.25) is 0 Å². The first kappa shape index (κ1) is 11.3. The van der Waals surface area contributed by atoms with Crippen LogP contribution in [0.3, 0.4) is 0 Å². The summed E-state index contributed by atoms with van der Waals surface area (Å²) in [6.45, 7) is 3.94. The van der Waals surface area contributed by atoms with Gasteiger partial charge in [-0.15, -0.1) is 0 Å². The van der Waals surface area contributed by atoms with Crippen LogP contribution in [0.25, 0.3) is 5.53 Å². The first-order valence-corrected chi connectivity index (χ1v) is 7.75. The van der Waals surface area contributed by atoms with E-state index in [9.17, 15) is 0 Å². The van der Waals surface area contributed by atoms with Gasteiger partial charge in [-0.25, -0.2) is 0 Å². The summed E-state index contributed by atoms with van der Waals surface area (Å²) in [7, 11) is 0. The standard InChI is InChI=1S/C11H10IN3O/c1-11(2)8-5-3-4-6-9(8)12(16-11)10(7-13)15-14/h3-6H,1-2H3. The van der Waals surface area contributed by atoms with Gasteiger partial charge in [0.2, 0.25) is 0 Å². The van der Waals surface area contributed by atoms with E-state index in [0.29, 0.717) is 0 Å². The van der Waals surface area contributed by atoms with E-state index in [-0.39, 0.29) is 3.72 Å². The van der Waals surface area contributed by atoms with Crippen LogP contribution in [0.5, 0.6) is 0 Å². The van der Waals surface area contributed by atoms with Crippen molar-refractivity contribution < 1.29 is 7.86 Å². The molecule has 2 rings (SSSR count). The third-order valence-corrected chi connectivity index (χ3v) is 7.24. The number of fused-ring (bicyclic) bond motifs is 1. The summed E-state index contributed by atoms with van der Waals surface area (Å²) in [4.78, 5) is 3.05. The fourth-order valence-corrected chi connectivity index (χ4v) is 6.24. The van der Waals surface area contributed by atoms with E-state index in [4.69, 9.17) is 13.9 Å². The summed E-state index contributed by atoms with van der Waals surface area (Å²) >= 11 is -2.27. The van der Waals surface area contributed by atoms with Crippen LogP contribution in [-0.2, 0) is 8.67 Å². The summed E-state index contributed by atoms with van der Waals surface area (Å²) in [5.41, 5.74) is 9.51. The zero-order valence-corrected chi connectivity index (χ0v) is 11.1. The molecule has 1 heterocycles. The van der Waals surface area contributed by atoms with Crippen LogP contribution in [0.15, 0.2) is 24.3 Å². The van der Waals surface area contributed by atoms with Crippen LogP contribution in [-0.4, -0.2) is 8.51 Å². The summed E-state index contributed by atoms with van der Waals surface area (Å²) < 4.78 is 7.09. The van der Waals surface area contributed by atoms with Gasteiger partial charge in [0.05, 0.1) is 0 Å². The number of nitrogens with zero attached hydrogens (tertiary/aromatic N) is 3. The molecule has 0 saturated heterocycles. The van der Waals surface area contributed by atoms with E-state index in [2.05, 4.69) is 4.79 Å². The minimum atomic E-state index is -2.27. The first-order chi connectivity index (χ1) is 7.60. The maximum absolute atomic E-state index is 8.90. The topological polar surface area (TPSA) is 69.4 Å². The van der Waals surface area contributed by atoms with Crippen LogP contribution in [0, 0.1) is 14.9 Å². The number of nitriles is 1. The summed E-state index contributed by atoms with van der Waals surface area (Å²) in [6.07, 6.45) is 0. The molecule has 0 bridgehead atoms. The van der Waals surface area contributed by atoms with Crippen molar-refractivity contribution >= 4 is 24.0 Å². The van der Waals surface area contributed by atoms with E-state index in [1.165, 1.54) is 0 Å². The molecule has 82 valence electrons. The Morgan fingerprint density at radius 3 is 2.81 bits per heavy atom. The van der Waals surface area contributed by atoms with Crippen LogP contribution < -0.4 is 0 Å². The van der Waals surface area contributed by atoms with Gasteiger partial charge in [-0.1, -0.05) is 0 Å². The summed E-state index contributed by atoms with van der Waals surface area (Å²) in [5.74, 6) is 0. The summed E-state index contributed by atoms with van der Waals surface area (Å²) in [5, 5.41) is 8.90. The molecule has 0 saturated carbocycles. The maximum atomic E-state index is 8.90. The van der Waals surface area contributed by atoms with Gasteiger partial charge < -0.3 is 0 Å². The Labute approximate surface area is 101 Å². The van der Waals surface area contributed by atoms with Gasteiger partial charge in [0.1, 0.15) is 0 Å². The minimum absolute atomic E-state index is 0.141. The van der Waals surface area contributed by atoms with Crippen molar-refractivity contribution in [2.24, 2.45) is 0 Å². The quantitative estimate of drug-likeness (QED) is 0.344. The van der Waals surface area contributed by atoms with Gasteiger partial charge in [-0.3, -0.25) is 0 Å². The van der Waals surface area contributed by atoms with Crippen molar-refractivity contribution in [2.75, 3.05) is 0 Å². The zero-order chi connectivity index (χ0) is 11.8. The van der Waals surface area contributed by atoms with Gasteiger partial charge >= 0.3 is 102 Å². The Kier molecular flexibility index (Phi) is 2.80. The molecule has 0 spiro atoms. The molecular weight excluding hydrogens is 317 g/mol. The Morgan fingerprint density at radius 2 is 2.19 bits per heavy atom. The molecule has 16 heavy (non-hydrogen) atoms. The van der Waals surface area contributed by atoms with Crippen molar-refractivity contribution in [1.82, 2.24) is 0 Å². The number of rotatable bonds is 1. The van der Waals surface area contributed by atoms with Gasteiger partial charge in [0.25, 0.3) is 0 Å². The molecule has 0 fully saturated rings. The molecule has 4 nitrogen and oxygen atoms in total. The first-order valence-electron chi connectivity index (χ1n) is 4.71. The van der Waals surface area contributed by atoms with Crippen molar-refractivity contribution in [3.8, 4) is 6.07 Å². The van der Waals surface area contributed by atoms with E-state index in [1.807, 2.05) is 44.2 Å². The zero-order valence-electron chi connectivity index (χ0n) is 8.94. The molecule has 1 aliphatic rings. The second-order valence-corrected chi connectivity index (χ2v) is 7.86. The number of benzene rings is 1. The molecule has 0 atom stereocenters. The van der Waals surface area contributed by atoms with Crippen molar-refractivity contribution in [3.05, 3.63) is 38.9 Å². The van der Waals surface area contributed by atoms with Crippen molar-refractivity contribution in [1.29, 1.82) is 5.26 Å². The number of hydrogen-bond donors (Lipinski definition) is 0. The molecule has 0 aliphatic carbocycles. The van der Waals surface area contributed by atoms with E-state index in [0.717, 1.165) is 9.13 Å². The van der Waals surface area contributed by atoms with E-state index >= 15 is 0 Å². The molecular formula is C11H10IN3O. The normalized spacial score (nSPS) is 18.4. The molecule has 1 aromatic carbocycles. The van der Waals surface area contributed by atoms with Crippen molar-refractivity contribution in [3.63, 3.8) is 0 Å². The number of halogens is 1. The molecule has 0 unspecified atom stereocenters. The predicted octanol–water partition coefficient (Wildman–Crippen LogP) is 2.69. The van der Waals surface area contributed by atoms with Gasteiger partial charge in [-0.05, 0) is 0 Å². The fourth-order valence-electron chi connectivity index (χ4n) is 1.60. The van der Waals surface area contributed by atoms with Crippen LogP contribution in [0.4, 0.5) is 0 Å². The third-order valence-electron chi connectivity index (χ3n) is 2.32. The third kappa shape index (κ3) is 1.65. The molecule has 5 heteroatoms. The molecule has 0 radical (unpaired) electrons. The van der Waals surface area contributed by atoms with Gasteiger partial charge in [-0.2, -0.15) is 0 Å². The van der Waals surface area contributed by atoms with Crippen molar-refractivity contribution in [2.45, 2.75) is 19.4 Å². The second-order valence-electron chi connectivity index (χ2n) is 3.82. The fraction of sp³-hybridized carbons (Fsp3) is 0.273. The molecule has 0 amide bonds. The van der Waals surface area contributed by atoms with Gasteiger partial charge in [0.15, 0.2) is 0 Å². The Morgan fingerprint density at radius 1 is 1.50 bits per heavy atom. The van der Waals surface area contributed by atoms with Gasteiger partial charge in [0, 0.05) is 0 Å². The molecule has 0 aromatic heterocycles. The number of hydrogen-bond acceptors (Lipinski definition) is 2. The van der Waals surface area contributed by atoms with E-state index in [1.54, 1.807) is 0 Å². The predicted molar refractivity (Wildman–Crippen MR) is 67.5 cm³/mol. The average molecular weight is 327 g/mol. The SMILES string of the molecule is CC1(C)OI(C(C#N)=[N+]=[N-])c2ccccc21. The molecule has 0 N–H and O–H groups in total. The Bertz CT molecular complexity index is 526. The average Bonchev–Trinajstić information content (AvgIpc) is 2.54. The molecule has 1 aromatic rings.